The van der Waals surface area contributed by atoms with Crippen LogP contribution in [0.15, 0.2) is 85.0 Å². The van der Waals surface area contributed by atoms with E-state index in [2.05, 4.69) is 68.1 Å². The second kappa shape index (κ2) is 30.0. The molecule has 0 radical (unpaired) electrons. The number of benzene rings is 2. The Labute approximate surface area is 417 Å². The standard InChI is InChI=1S/C20H36O6.C16H16S2.C13H22O4.C5H8O2/c1-8-20(6,17(22)23-7)14-18(2,3)16(21)24-12-10-9-11-15-13-25-19(4,5)26-15;1-16(2,14-11-7-4-8-12-14)18-15(17)13-9-5-3-6-10-13;1-10(2)12(14)15-8-6-5-7-11-9-16-13(3,4)17-11;1-4(2)5(6)7-3/h15H,8-14H2,1-7H3;3-12H,1-2H3;11H,1,5-9H2,2-4H3;1H2,2-3H3. The maximum absolute atomic E-state index is 12.5. The molecule has 2 saturated heterocycles. The second-order valence-electron chi connectivity index (χ2n) is 19.3. The van der Waals surface area contributed by atoms with E-state index in [0.29, 0.717) is 50.4 Å². The van der Waals surface area contributed by atoms with Gasteiger partial charge < -0.3 is 37.9 Å². The van der Waals surface area contributed by atoms with Crippen LogP contribution < -0.4 is 0 Å². The molecule has 2 aliphatic rings. The van der Waals surface area contributed by atoms with Gasteiger partial charge in [0.2, 0.25) is 0 Å². The molecule has 3 atom stereocenters. The summed E-state index contributed by atoms with van der Waals surface area (Å²) in [5.41, 5.74) is 1.87. The lowest BCUT2D eigenvalue weighted by atomic mass is 9.72. The van der Waals surface area contributed by atoms with Gasteiger partial charge in [-0.25, -0.2) is 9.59 Å². The molecule has 3 unspecified atom stereocenters. The lowest BCUT2D eigenvalue weighted by Gasteiger charge is -2.33. The zero-order valence-electron chi connectivity index (χ0n) is 43.5. The minimum absolute atomic E-state index is 0.00577. The molecule has 0 N–H and O–H groups in total. The Morgan fingerprint density at radius 3 is 1.53 bits per heavy atom. The summed E-state index contributed by atoms with van der Waals surface area (Å²) in [6, 6.07) is 20.7. The second-order valence-corrected chi connectivity index (χ2v) is 21.6. The van der Waals surface area contributed by atoms with Crippen LogP contribution in [0.1, 0.15) is 146 Å². The molecule has 2 heterocycles. The molecule has 2 aliphatic heterocycles. The Kier molecular flexibility index (Phi) is 27.4. The number of thiocarbonyl (C=S) groups is 1. The summed E-state index contributed by atoms with van der Waals surface area (Å²) in [7, 11) is 2.71. The average Bonchev–Trinajstić information content (AvgIpc) is 3.84. The zero-order valence-corrected chi connectivity index (χ0v) is 45.2. The van der Waals surface area contributed by atoms with Gasteiger partial charge in [-0.1, -0.05) is 93.0 Å². The molecule has 0 aromatic heterocycles. The lowest BCUT2D eigenvalue weighted by Crippen LogP contribution is -2.38. The molecule has 12 nitrogen and oxygen atoms in total. The Morgan fingerprint density at radius 1 is 0.691 bits per heavy atom. The minimum atomic E-state index is -0.745. The highest BCUT2D eigenvalue weighted by Gasteiger charge is 2.42. The Balaban J connectivity index is 0.000000486. The fraction of sp³-hybridized carbons (Fsp3) is 0.611. The first kappa shape index (κ1) is 62.1. The third-order valence-corrected chi connectivity index (χ3v) is 12.6. The topological polar surface area (TPSA) is 142 Å². The molecule has 68 heavy (non-hydrogen) atoms. The normalized spacial score (nSPS) is 17.7. The van der Waals surface area contributed by atoms with Crippen LogP contribution in [0.5, 0.6) is 0 Å². The number of carbonyl (C=O) groups is 4. The number of esters is 4. The molecule has 0 saturated carbocycles. The summed E-state index contributed by atoms with van der Waals surface area (Å²) in [5.74, 6) is -2.17. The van der Waals surface area contributed by atoms with Crippen molar-refractivity contribution in [3.05, 3.63) is 96.1 Å². The van der Waals surface area contributed by atoms with Crippen molar-refractivity contribution >= 4 is 52.1 Å². The van der Waals surface area contributed by atoms with Gasteiger partial charge in [-0.3, -0.25) is 9.59 Å². The quantitative estimate of drug-likeness (QED) is 0.0408. The van der Waals surface area contributed by atoms with E-state index < -0.39 is 22.4 Å². The van der Waals surface area contributed by atoms with Crippen molar-refractivity contribution in [2.45, 2.75) is 163 Å². The maximum Gasteiger partial charge on any atom is 0.333 e. The molecule has 382 valence electrons. The number of ether oxygens (including phenoxy) is 8. The first-order chi connectivity index (χ1) is 31.6. The van der Waals surface area contributed by atoms with E-state index >= 15 is 0 Å². The van der Waals surface area contributed by atoms with Crippen LogP contribution in [0.3, 0.4) is 0 Å². The number of methoxy groups -OCH3 is 2. The molecule has 0 bridgehead atoms. The van der Waals surface area contributed by atoms with Crippen LogP contribution >= 0.6 is 24.0 Å². The van der Waals surface area contributed by atoms with Gasteiger partial charge in [-0.05, 0) is 139 Å². The average molecular weight is 987 g/mol. The Hall–Kier alpha value is -3.92. The van der Waals surface area contributed by atoms with Gasteiger partial charge in [0.25, 0.3) is 0 Å². The highest BCUT2D eigenvalue weighted by Crippen LogP contribution is 2.39. The van der Waals surface area contributed by atoms with Crippen molar-refractivity contribution in [1.82, 2.24) is 0 Å². The molecule has 2 fully saturated rings. The Bertz CT molecular complexity index is 1890. The highest BCUT2D eigenvalue weighted by atomic mass is 32.2. The smallest absolute Gasteiger partial charge is 0.333 e. The maximum atomic E-state index is 12.5. The molecule has 0 aliphatic carbocycles. The van der Waals surface area contributed by atoms with Crippen molar-refractivity contribution in [3.63, 3.8) is 0 Å². The van der Waals surface area contributed by atoms with E-state index in [4.69, 9.17) is 45.4 Å². The van der Waals surface area contributed by atoms with Gasteiger partial charge in [0.1, 0.15) is 0 Å². The zero-order chi connectivity index (χ0) is 51.8. The van der Waals surface area contributed by atoms with Crippen LogP contribution in [0.25, 0.3) is 0 Å². The number of thioether (sulfide) groups is 1. The molecule has 14 heteroatoms. The van der Waals surface area contributed by atoms with Gasteiger partial charge in [-0.15, -0.1) is 11.8 Å². The van der Waals surface area contributed by atoms with Crippen molar-refractivity contribution in [2.24, 2.45) is 10.8 Å². The number of hydrogen-bond donors (Lipinski definition) is 0. The third kappa shape index (κ3) is 24.1. The van der Waals surface area contributed by atoms with Crippen LogP contribution in [-0.2, 0) is 61.8 Å². The van der Waals surface area contributed by atoms with Crippen LogP contribution in [0.2, 0.25) is 0 Å². The monoisotopic (exact) mass is 987 g/mol. The SMILES string of the molecule is C=C(C)C(=O)OC.C=C(C)C(=O)OCCCCC1COC(C)(C)O1.CC(C)(SC(=S)c1ccccc1)c1ccccc1.CCC(C)(CC(C)(C)C(=O)OCCCCC1COC(C)(C)O1)C(=O)OC. The van der Waals surface area contributed by atoms with E-state index in [0.717, 1.165) is 48.3 Å². The van der Waals surface area contributed by atoms with Gasteiger partial charge in [0, 0.05) is 15.9 Å². The number of carbonyl (C=O) groups excluding carboxylic acids is 4. The summed E-state index contributed by atoms with van der Waals surface area (Å²) in [5, 5.41) is 0. The van der Waals surface area contributed by atoms with E-state index in [1.807, 2.05) is 79.7 Å². The van der Waals surface area contributed by atoms with E-state index in [1.54, 1.807) is 25.6 Å². The fourth-order valence-corrected chi connectivity index (χ4v) is 8.71. The number of unbranched alkanes of at least 4 members (excludes halogenated alkanes) is 2. The predicted octanol–water partition coefficient (Wildman–Crippen LogP) is 12.1. The van der Waals surface area contributed by atoms with Gasteiger partial charge >= 0.3 is 23.9 Å². The molecule has 0 spiro atoms. The van der Waals surface area contributed by atoms with Crippen LogP contribution in [0.4, 0.5) is 0 Å². The highest BCUT2D eigenvalue weighted by molar-refractivity contribution is 8.24. The first-order valence-corrected chi connectivity index (χ1v) is 24.7. The molecule has 0 amide bonds. The van der Waals surface area contributed by atoms with E-state index in [9.17, 15) is 19.2 Å². The van der Waals surface area contributed by atoms with E-state index in [-0.39, 0.29) is 40.8 Å². The van der Waals surface area contributed by atoms with Gasteiger partial charge in [0.15, 0.2) is 11.6 Å². The number of rotatable bonds is 20. The largest absolute Gasteiger partial charge is 0.469 e. The van der Waals surface area contributed by atoms with Crippen LogP contribution in [-0.4, -0.2) is 92.5 Å². The molecule has 4 rings (SSSR count). The predicted molar refractivity (Wildman–Crippen MR) is 275 cm³/mol. The van der Waals surface area contributed by atoms with E-state index in [1.165, 1.54) is 19.8 Å². The summed E-state index contributed by atoms with van der Waals surface area (Å²) < 4.78 is 43.0. The molecular weight excluding hydrogens is 905 g/mol. The summed E-state index contributed by atoms with van der Waals surface area (Å²) in [6.45, 7) is 31.7. The van der Waals surface area contributed by atoms with Crippen molar-refractivity contribution in [2.75, 3.05) is 40.6 Å². The summed E-state index contributed by atoms with van der Waals surface area (Å²) in [4.78, 5) is 45.8. The lowest BCUT2D eigenvalue weighted by molar-refractivity contribution is -0.161. The molecular formula is C54H82O12S2. The van der Waals surface area contributed by atoms with Gasteiger partial charge in [0.05, 0.1) is 67.9 Å². The van der Waals surface area contributed by atoms with Gasteiger partial charge in [-0.2, -0.15) is 0 Å². The van der Waals surface area contributed by atoms with Crippen molar-refractivity contribution in [1.29, 1.82) is 0 Å². The minimum Gasteiger partial charge on any atom is -0.469 e. The molecule has 2 aromatic carbocycles. The van der Waals surface area contributed by atoms with Crippen molar-refractivity contribution in [3.8, 4) is 0 Å². The first-order valence-electron chi connectivity index (χ1n) is 23.4. The summed E-state index contributed by atoms with van der Waals surface area (Å²) in [6.07, 6.45) is 6.61. The number of hydrogen-bond acceptors (Lipinski definition) is 14. The Morgan fingerprint density at radius 2 is 1.15 bits per heavy atom. The molecule has 2 aromatic rings. The fourth-order valence-electron chi connectivity index (χ4n) is 6.98. The third-order valence-electron chi connectivity index (χ3n) is 11.0. The van der Waals surface area contributed by atoms with Crippen LogP contribution in [0, 0.1) is 10.8 Å². The summed E-state index contributed by atoms with van der Waals surface area (Å²) >= 11 is 7.27. The van der Waals surface area contributed by atoms with Crippen molar-refractivity contribution < 1.29 is 57.1 Å².